The van der Waals surface area contributed by atoms with Crippen molar-refractivity contribution < 1.29 is 17.9 Å². The maximum absolute atomic E-state index is 12.7. The van der Waals surface area contributed by atoms with Crippen molar-refractivity contribution in [2.45, 2.75) is 24.2 Å². The lowest BCUT2D eigenvalue weighted by atomic mass is 10.2. The van der Waals surface area contributed by atoms with Gasteiger partial charge in [-0.15, -0.1) is 11.3 Å². The smallest absolute Gasteiger partial charge is 0.243 e. The Morgan fingerprint density at radius 3 is 2.73 bits per heavy atom. The summed E-state index contributed by atoms with van der Waals surface area (Å²) in [7, 11) is -3.56. The Morgan fingerprint density at radius 2 is 2.00 bits per heavy atom. The summed E-state index contributed by atoms with van der Waals surface area (Å²) < 4.78 is 32.0. The molecular weight excluding hydrogens is 372 g/mol. The molecule has 1 saturated heterocycles. The largest absolute Gasteiger partial charge is 0.379 e. The number of aryl methyl sites for hydroxylation is 1. The average molecular weight is 395 g/mol. The number of carbonyl (C=O) groups is 1. The van der Waals surface area contributed by atoms with Gasteiger partial charge in [-0.25, -0.2) is 8.42 Å². The molecule has 0 saturated carbocycles. The highest BCUT2D eigenvalue weighted by molar-refractivity contribution is 7.89. The second-order valence-electron chi connectivity index (χ2n) is 6.03. The van der Waals surface area contributed by atoms with Crippen molar-refractivity contribution in [1.29, 1.82) is 0 Å². The number of benzene rings is 1. The minimum atomic E-state index is -3.56. The molecule has 1 N–H and O–H groups in total. The predicted octanol–water partition coefficient (Wildman–Crippen LogP) is 2.73. The first-order chi connectivity index (χ1) is 12.6. The molecule has 1 aliphatic heterocycles. The first kappa shape index (κ1) is 19.0. The maximum Gasteiger partial charge on any atom is 0.243 e. The summed E-state index contributed by atoms with van der Waals surface area (Å²) in [5.41, 5.74) is 0.500. The van der Waals surface area contributed by atoms with Gasteiger partial charge in [-0.3, -0.25) is 4.79 Å². The molecule has 0 bridgehead atoms. The minimum absolute atomic E-state index is 0.109. The molecule has 2 aromatic rings. The summed E-state index contributed by atoms with van der Waals surface area (Å²) in [6.07, 6.45) is 2.03. The number of morpholine rings is 1. The molecule has 2 heterocycles. The average Bonchev–Trinajstić information content (AvgIpc) is 3.16. The zero-order chi connectivity index (χ0) is 18.4. The quantitative estimate of drug-likeness (QED) is 0.783. The van der Waals surface area contributed by atoms with Crippen LogP contribution in [0.1, 0.15) is 17.7 Å². The number of carbonyl (C=O) groups excluding carboxylic acids is 1. The highest BCUT2D eigenvalue weighted by Crippen LogP contribution is 2.21. The van der Waals surface area contributed by atoms with Crippen molar-refractivity contribution >= 4 is 33.0 Å². The molecule has 1 aromatic carbocycles. The van der Waals surface area contributed by atoms with Crippen LogP contribution >= 0.6 is 11.3 Å². The number of hydrogen-bond donors (Lipinski definition) is 1. The van der Waals surface area contributed by atoms with Crippen LogP contribution in [-0.4, -0.2) is 44.9 Å². The Hall–Kier alpha value is -1.74. The van der Waals surface area contributed by atoms with Crippen LogP contribution in [0.25, 0.3) is 0 Å². The Morgan fingerprint density at radius 1 is 1.19 bits per heavy atom. The Balaban J connectivity index is 1.58. The fourth-order valence-corrected chi connectivity index (χ4v) is 4.98. The molecule has 140 valence electrons. The molecule has 0 aliphatic carbocycles. The molecule has 0 spiro atoms. The molecule has 1 fully saturated rings. The van der Waals surface area contributed by atoms with E-state index in [9.17, 15) is 13.2 Å². The molecule has 1 aromatic heterocycles. The van der Waals surface area contributed by atoms with Crippen LogP contribution in [0, 0.1) is 0 Å². The number of thiophene rings is 1. The van der Waals surface area contributed by atoms with Crippen molar-refractivity contribution in [3.05, 3.63) is 46.7 Å². The highest BCUT2D eigenvalue weighted by Gasteiger charge is 2.26. The van der Waals surface area contributed by atoms with Gasteiger partial charge in [0.25, 0.3) is 0 Å². The summed E-state index contributed by atoms with van der Waals surface area (Å²) in [5, 5.41) is 4.82. The van der Waals surface area contributed by atoms with Crippen molar-refractivity contribution in [3.8, 4) is 0 Å². The van der Waals surface area contributed by atoms with E-state index in [0.29, 0.717) is 38.4 Å². The van der Waals surface area contributed by atoms with Gasteiger partial charge in [0.2, 0.25) is 15.9 Å². The van der Waals surface area contributed by atoms with Crippen LogP contribution in [0.2, 0.25) is 0 Å². The summed E-state index contributed by atoms with van der Waals surface area (Å²) in [6, 6.07) is 10.5. The minimum Gasteiger partial charge on any atom is -0.379 e. The highest BCUT2D eigenvalue weighted by atomic mass is 32.2. The molecule has 1 aliphatic rings. The van der Waals surface area contributed by atoms with Crippen LogP contribution in [0.5, 0.6) is 0 Å². The molecule has 26 heavy (non-hydrogen) atoms. The van der Waals surface area contributed by atoms with Crippen molar-refractivity contribution in [1.82, 2.24) is 4.31 Å². The Labute approximate surface area is 157 Å². The number of sulfonamides is 1. The summed E-state index contributed by atoms with van der Waals surface area (Å²) in [6.45, 7) is 1.50. The first-order valence-corrected chi connectivity index (χ1v) is 10.9. The second-order valence-corrected chi connectivity index (χ2v) is 9.00. The third kappa shape index (κ3) is 4.91. The number of nitrogens with zero attached hydrogens (tertiary/aromatic N) is 1. The lowest BCUT2D eigenvalue weighted by Gasteiger charge is -2.26. The lowest BCUT2D eigenvalue weighted by Crippen LogP contribution is -2.40. The molecule has 3 rings (SSSR count). The van der Waals surface area contributed by atoms with Gasteiger partial charge in [0.1, 0.15) is 0 Å². The van der Waals surface area contributed by atoms with Crippen LogP contribution < -0.4 is 5.32 Å². The van der Waals surface area contributed by atoms with Gasteiger partial charge >= 0.3 is 0 Å². The van der Waals surface area contributed by atoms with E-state index in [1.165, 1.54) is 15.2 Å². The van der Waals surface area contributed by atoms with Gasteiger partial charge in [0.15, 0.2) is 0 Å². The number of amides is 1. The number of anilines is 1. The van der Waals surface area contributed by atoms with Crippen LogP contribution in [0.4, 0.5) is 5.69 Å². The maximum atomic E-state index is 12.7. The molecule has 6 nitrogen and oxygen atoms in total. The van der Waals surface area contributed by atoms with Crippen LogP contribution in [0.15, 0.2) is 46.7 Å². The van der Waals surface area contributed by atoms with E-state index in [0.717, 1.165) is 12.8 Å². The van der Waals surface area contributed by atoms with Gasteiger partial charge < -0.3 is 10.1 Å². The van der Waals surface area contributed by atoms with E-state index in [2.05, 4.69) is 11.4 Å². The fraction of sp³-hybridized carbons (Fsp3) is 0.389. The molecule has 1 amide bonds. The molecule has 0 radical (unpaired) electrons. The standard InChI is InChI=1S/C18H22N2O4S2/c21-18(8-2-5-16-6-3-13-25-16)19-15-4-1-7-17(14-15)26(22,23)20-9-11-24-12-10-20/h1,3-4,6-7,13-14H,2,5,8-12H2,(H,19,21). The summed E-state index contributed by atoms with van der Waals surface area (Å²) in [5.74, 6) is -0.109. The molecule has 0 unspecified atom stereocenters. The number of rotatable bonds is 7. The van der Waals surface area contributed by atoms with Gasteiger partial charge in [-0.1, -0.05) is 12.1 Å². The van der Waals surface area contributed by atoms with Crippen LogP contribution in [0.3, 0.4) is 0 Å². The fourth-order valence-electron chi connectivity index (χ4n) is 2.77. The molecule has 0 atom stereocenters. The molecular formula is C18H22N2O4S2. The summed E-state index contributed by atoms with van der Waals surface area (Å²) in [4.78, 5) is 13.6. The Bertz CT molecular complexity index is 829. The van der Waals surface area contributed by atoms with E-state index in [1.807, 2.05) is 11.4 Å². The second kappa shape index (κ2) is 8.77. The third-order valence-electron chi connectivity index (χ3n) is 4.13. The van der Waals surface area contributed by atoms with E-state index in [4.69, 9.17) is 4.74 Å². The number of ether oxygens (including phenoxy) is 1. The van der Waals surface area contributed by atoms with E-state index < -0.39 is 10.0 Å². The van der Waals surface area contributed by atoms with E-state index >= 15 is 0 Å². The normalized spacial score (nSPS) is 15.7. The third-order valence-corrected chi connectivity index (χ3v) is 6.96. The monoisotopic (exact) mass is 394 g/mol. The van der Waals surface area contributed by atoms with Gasteiger partial charge in [0, 0.05) is 30.1 Å². The number of hydrogen-bond acceptors (Lipinski definition) is 5. The van der Waals surface area contributed by atoms with Crippen LogP contribution in [-0.2, 0) is 26.0 Å². The Kier molecular flexibility index (Phi) is 6.42. The zero-order valence-corrected chi connectivity index (χ0v) is 16.0. The van der Waals surface area contributed by atoms with Crippen molar-refractivity contribution in [2.75, 3.05) is 31.6 Å². The number of nitrogens with one attached hydrogen (secondary N) is 1. The van der Waals surface area contributed by atoms with Crippen molar-refractivity contribution in [3.63, 3.8) is 0 Å². The van der Waals surface area contributed by atoms with Crippen molar-refractivity contribution in [2.24, 2.45) is 0 Å². The van der Waals surface area contributed by atoms with Gasteiger partial charge in [-0.2, -0.15) is 4.31 Å². The summed E-state index contributed by atoms with van der Waals surface area (Å²) >= 11 is 1.68. The predicted molar refractivity (Wildman–Crippen MR) is 102 cm³/mol. The lowest BCUT2D eigenvalue weighted by molar-refractivity contribution is -0.116. The van der Waals surface area contributed by atoms with E-state index in [-0.39, 0.29) is 10.8 Å². The van der Waals surface area contributed by atoms with Gasteiger partial charge in [-0.05, 0) is 42.5 Å². The van der Waals surface area contributed by atoms with E-state index in [1.54, 1.807) is 29.5 Å². The SMILES string of the molecule is O=C(CCCc1cccs1)Nc1cccc(S(=O)(=O)N2CCOCC2)c1. The molecule has 8 heteroatoms. The zero-order valence-electron chi connectivity index (χ0n) is 14.4. The topological polar surface area (TPSA) is 75.7 Å². The first-order valence-electron chi connectivity index (χ1n) is 8.56. The van der Waals surface area contributed by atoms with Gasteiger partial charge in [0.05, 0.1) is 18.1 Å².